The zero-order valence-corrected chi connectivity index (χ0v) is 11.1. The van der Waals surface area contributed by atoms with Crippen molar-refractivity contribution in [2.24, 2.45) is 0 Å². The van der Waals surface area contributed by atoms with Gasteiger partial charge >= 0.3 is 5.97 Å². The van der Waals surface area contributed by atoms with Gasteiger partial charge < -0.3 is 18.9 Å². The van der Waals surface area contributed by atoms with E-state index in [1.54, 1.807) is 13.8 Å². The minimum absolute atomic E-state index is 0.293. The molecule has 0 saturated heterocycles. The third-order valence-electron chi connectivity index (χ3n) is 1.84. The normalized spacial score (nSPS) is 11.7. The monoisotopic (exact) mass is 258 g/mol. The van der Waals surface area contributed by atoms with E-state index in [2.05, 4.69) is 13.2 Å². The van der Waals surface area contributed by atoms with E-state index in [-0.39, 0.29) is 6.10 Å². The Kier molecular flexibility index (Phi) is 10.0. The van der Waals surface area contributed by atoms with Gasteiger partial charge in [-0.05, 0) is 13.8 Å². The number of hydrogen-bond acceptors (Lipinski definition) is 5. The van der Waals surface area contributed by atoms with E-state index in [4.69, 9.17) is 18.9 Å². The number of hydrogen-bond donors (Lipinski definition) is 0. The summed E-state index contributed by atoms with van der Waals surface area (Å²) in [4.78, 5) is 11.2. The van der Waals surface area contributed by atoms with Crippen LogP contribution in [0.1, 0.15) is 13.8 Å². The average Bonchev–Trinajstić information content (AvgIpc) is 2.32. The Hall–Kier alpha value is -1.33. The lowest BCUT2D eigenvalue weighted by Crippen LogP contribution is -2.21. The van der Waals surface area contributed by atoms with Crippen LogP contribution in [-0.2, 0) is 23.7 Å². The van der Waals surface area contributed by atoms with Crippen LogP contribution in [0.25, 0.3) is 0 Å². The zero-order chi connectivity index (χ0) is 13.8. The van der Waals surface area contributed by atoms with E-state index in [1.165, 1.54) is 6.26 Å². The lowest BCUT2D eigenvalue weighted by atomic mass is 10.3. The van der Waals surface area contributed by atoms with Crippen molar-refractivity contribution in [3.8, 4) is 0 Å². The summed E-state index contributed by atoms with van der Waals surface area (Å²) in [7, 11) is 0. The van der Waals surface area contributed by atoms with Gasteiger partial charge in [0, 0.05) is 5.57 Å². The molecule has 1 atom stereocenters. The first kappa shape index (κ1) is 16.7. The molecular formula is C13H22O5. The van der Waals surface area contributed by atoms with Crippen molar-refractivity contribution in [3.05, 3.63) is 25.0 Å². The number of rotatable bonds is 11. The van der Waals surface area contributed by atoms with Crippen LogP contribution in [0, 0.1) is 0 Å². The summed E-state index contributed by atoms with van der Waals surface area (Å²) in [5, 5.41) is 0. The van der Waals surface area contributed by atoms with Gasteiger partial charge in [-0.25, -0.2) is 4.79 Å². The summed E-state index contributed by atoms with van der Waals surface area (Å²) in [6.45, 7) is 12.5. The smallest absolute Gasteiger partial charge is 0.333 e. The Morgan fingerprint density at radius 2 is 1.83 bits per heavy atom. The number of ether oxygens (including phenoxy) is 4. The predicted molar refractivity (Wildman–Crippen MR) is 68.2 cm³/mol. The summed E-state index contributed by atoms with van der Waals surface area (Å²) in [5.74, 6) is -0.399. The third-order valence-corrected chi connectivity index (χ3v) is 1.84. The Labute approximate surface area is 108 Å². The van der Waals surface area contributed by atoms with Crippen molar-refractivity contribution in [2.45, 2.75) is 20.0 Å². The van der Waals surface area contributed by atoms with Gasteiger partial charge in [0.25, 0.3) is 0 Å². The fourth-order valence-corrected chi connectivity index (χ4v) is 0.977. The highest BCUT2D eigenvalue weighted by Gasteiger charge is 2.09. The van der Waals surface area contributed by atoms with Gasteiger partial charge in [0.05, 0.1) is 32.7 Å². The van der Waals surface area contributed by atoms with Crippen LogP contribution < -0.4 is 0 Å². The summed E-state index contributed by atoms with van der Waals surface area (Å²) in [6, 6.07) is 0. The summed E-state index contributed by atoms with van der Waals surface area (Å²) in [5.41, 5.74) is 0.382. The molecule has 5 nitrogen and oxygen atoms in total. The molecule has 0 bridgehead atoms. The second-order valence-corrected chi connectivity index (χ2v) is 3.72. The SMILES string of the molecule is C=COCCOCCOCC(C)OC(=O)C(=C)C. The number of carbonyl (C=O) groups excluding carboxylic acids is 1. The van der Waals surface area contributed by atoms with E-state index in [9.17, 15) is 4.79 Å². The molecule has 0 saturated carbocycles. The van der Waals surface area contributed by atoms with Crippen LogP contribution in [0.4, 0.5) is 0 Å². The molecule has 0 amide bonds. The summed E-state index contributed by atoms with van der Waals surface area (Å²) >= 11 is 0. The second-order valence-electron chi connectivity index (χ2n) is 3.72. The molecule has 0 spiro atoms. The molecule has 0 heterocycles. The molecule has 0 rings (SSSR count). The van der Waals surface area contributed by atoms with Gasteiger partial charge in [0.2, 0.25) is 0 Å². The van der Waals surface area contributed by atoms with Crippen molar-refractivity contribution in [1.29, 1.82) is 0 Å². The van der Waals surface area contributed by atoms with Gasteiger partial charge in [-0.2, -0.15) is 0 Å². The van der Waals surface area contributed by atoms with Gasteiger partial charge in [-0.3, -0.25) is 0 Å². The third kappa shape index (κ3) is 9.86. The molecule has 0 fully saturated rings. The molecule has 0 N–H and O–H groups in total. The van der Waals surface area contributed by atoms with Crippen LogP contribution in [0.2, 0.25) is 0 Å². The fourth-order valence-electron chi connectivity index (χ4n) is 0.977. The van der Waals surface area contributed by atoms with Crippen LogP contribution >= 0.6 is 0 Å². The highest BCUT2D eigenvalue weighted by molar-refractivity contribution is 5.87. The summed E-state index contributed by atoms with van der Waals surface area (Å²) < 4.78 is 20.4. The van der Waals surface area contributed by atoms with E-state index >= 15 is 0 Å². The molecule has 5 heteroatoms. The summed E-state index contributed by atoms with van der Waals surface area (Å²) in [6.07, 6.45) is 1.08. The molecule has 1 unspecified atom stereocenters. The maximum atomic E-state index is 11.2. The van der Waals surface area contributed by atoms with Crippen molar-refractivity contribution >= 4 is 5.97 Å². The van der Waals surface area contributed by atoms with E-state index < -0.39 is 5.97 Å². The van der Waals surface area contributed by atoms with Crippen LogP contribution in [0.15, 0.2) is 25.0 Å². The molecule has 104 valence electrons. The van der Waals surface area contributed by atoms with Crippen molar-refractivity contribution in [2.75, 3.05) is 33.0 Å². The maximum absolute atomic E-state index is 11.2. The predicted octanol–water partition coefficient (Wildman–Crippen LogP) is 1.69. The van der Waals surface area contributed by atoms with Gasteiger partial charge in [-0.15, -0.1) is 0 Å². The minimum atomic E-state index is -0.399. The standard InChI is InChI=1S/C13H22O5/c1-5-15-6-7-16-8-9-17-10-12(4)18-13(14)11(2)3/h5,12H,1-2,6-10H2,3-4H3. The van der Waals surface area contributed by atoms with Crippen LogP contribution in [0.5, 0.6) is 0 Å². The minimum Gasteiger partial charge on any atom is -0.499 e. The Morgan fingerprint density at radius 1 is 1.22 bits per heavy atom. The van der Waals surface area contributed by atoms with Crippen LogP contribution in [-0.4, -0.2) is 45.1 Å². The Bertz CT molecular complexity index is 262. The highest BCUT2D eigenvalue weighted by atomic mass is 16.6. The molecule has 0 aliphatic heterocycles. The van der Waals surface area contributed by atoms with Crippen molar-refractivity contribution in [3.63, 3.8) is 0 Å². The molecule has 0 aromatic carbocycles. The van der Waals surface area contributed by atoms with Crippen LogP contribution in [0.3, 0.4) is 0 Å². The topological polar surface area (TPSA) is 54.0 Å². The number of esters is 1. The number of carbonyl (C=O) groups is 1. The highest BCUT2D eigenvalue weighted by Crippen LogP contribution is 1.98. The lowest BCUT2D eigenvalue weighted by molar-refractivity contribution is -0.146. The van der Waals surface area contributed by atoms with E-state index in [1.807, 2.05) is 0 Å². The zero-order valence-electron chi connectivity index (χ0n) is 11.1. The first-order valence-corrected chi connectivity index (χ1v) is 5.82. The quantitative estimate of drug-likeness (QED) is 0.244. The van der Waals surface area contributed by atoms with Crippen molar-refractivity contribution in [1.82, 2.24) is 0 Å². The van der Waals surface area contributed by atoms with Gasteiger partial charge in [-0.1, -0.05) is 13.2 Å². The van der Waals surface area contributed by atoms with Gasteiger partial charge in [0.1, 0.15) is 12.7 Å². The van der Waals surface area contributed by atoms with E-state index in [0.29, 0.717) is 38.6 Å². The largest absolute Gasteiger partial charge is 0.499 e. The average molecular weight is 258 g/mol. The molecule has 0 aliphatic rings. The van der Waals surface area contributed by atoms with Crippen molar-refractivity contribution < 1.29 is 23.7 Å². The molecule has 0 aliphatic carbocycles. The lowest BCUT2D eigenvalue weighted by Gasteiger charge is -2.13. The fraction of sp³-hybridized carbons (Fsp3) is 0.615. The van der Waals surface area contributed by atoms with Gasteiger partial charge in [0.15, 0.2) is 0 Å². The first-order chi connectivity index (χ1) is 8.57. The Morgan fingerprint density at radius 3 is 2.44 bits per heavy atom. The second kappa shape index (κ2) is 10.8. The molecular weight excluding hydrogens is 236 g/mol. The molecule has 18 heavy (non-hydrogen) atoms. The van der Waals surface area contributed by atoms with E-state index in [0.717, 1.165) is 0 Å². The Balaban J connectivity index is 3.35. The molecule has 0 aromatic rings. The molecule has 0 radical (unpaired) electrons. The molecule has 0 aromatic heterocycles. The first-order valence-electron chi connectivity index (χ1n) is 5.82. The maximum Gasteiger partial charge on any atom is 0.333 e.